The molecule has 2 fully saturated rings. The Morgan fingerprint density at radius 1 is 1.23 bits per heavy atom. The number of halogens is 1. The Bertz CT molecular complexity index is 1270. The van der Waals surface area contributed by atoms with Crippen molar-refractivity contribution in [2.45, 2.75) is 70.6 Å². The quantitative estimate of drug-likeness (QED) is 0.471. The van der Waals surface area contributed by atoms with Crippen molar-refractivity contribution >= 4 is 39.9 Å². The van der Waals surface area contributed by atoms with Crippen LogP contribution in [0.3, 0.4) is 0 Å². The first-order valence-corrected chi connectivity index (χ1v) is 13.9. The van der Waals surface area contributed by atoms with Crippen molar-refractivity contribution in [3.8, 4) is 11.1 Å². The van der Waals surface area contributed by atoms with Gasteiger partial charge in [0, 0.05) is 42.7 Å². The van der Waals surface area contributed by atoms with Crippen LogP contribution < -0.4 is 15.4 Å². The number of imidazole rings is 1. The van der Waals surface area contributed by atoms with Crippen LogP contribution >= 0.6 is 11.6 Å². The molecule has 3 heterocycles. The minimum Gasteiger partial charge on any atom is -0.398 e. The molecule has 35 heavy (non-hydrogen) atoms. The van der Waals surface area contributed by atoms with E-state index in [0.29, 0.717) is 16.8 Å². The first-order valence-electron chi connectivity index (χ1n) is 12.4. The SMILES string of the molecule is Cc1nc(N2CCC3(CCC[C@H]3N[S@](=O)C(C)(C)C)CC2)n2ccnc2c1-c1cccc(N)c1Cl. The van der Waals surface area contributed by atoms with Gasteiger partial charge >= 0.3 is 0 Å². The van der Waals surface area contributed by atoms with E-state index < -0.39 is 11.0 Å². The number of anilines is 2. The summed E-state index contributed by atoms with van der Waals surface area (Å²) in [6.07, 6.45) is 9.39. The first-order chi connectivity index (χ1) is 16.6. The molecular formula is C26H35ClN6OS. The molecule has 2 atom stereocenters. The van der Waals surface area contributed by atoms with Crippen LogP contribution in [0.25, 0.3) is 16.8 Å². The van der Waals surface area contributed by atoms with Crippen molar-refractivity contribution in [1.82, 2.24) is 19.1 Å². The Kier molecular flexibility index (Phi) is 6.34. The first kappa shape index (κ1) is 24.5. The van der Waals surface area contributed by atoms with Gasteiger partial charge in [-0.25, -0.2) is 18.9 Å². The molecule has 1 aliphatic heterocycles. The predicted molar refractivity (Wildman–Crippen MR) is 145 cm³/mol. The Hall–Kier alpha value is -2.16. The summed E-state index contributed by atoms with van der Waals surface area (Å²) in [5, 5.41) is 0.530. The van der Waals surface area contributed by atoms with E-state index in [1.165, 1.54) is 12.8 Å². The monoisotopic (exact) mass is 514 g/mol. The van der Waals surface area contributed by atoms with E-state index in [-0.39, 0.29) is 10.2 Å². The topological polar surface area (TPSA) is 88.5 Å². The molecule has 1 aliphatic carbocycles. The van der Waals surface area contributed by atoms with E-state index in [0.717, 1.165) is 60.8 Å². The van der Waals surface area contributed by atoms with Gasteiger partial charge in [0.25, 0.3) is 0 Å². The van der Waals surface area contributed by atoms with Gasteiger partial charge in [-0.2, -0.15) is 0 Å². The summed E-state index contributed by atoms with van der Waals surface area (Å²) in [6, 6.07) is 5.99. The van der Waals surface area contributed by atoms with Gasteiger partial charge in [0.05, 0.1) is 32.1 Å². The summed E-state index contributed by atoms with van der Waals surface area (Å²) in [5.74, 6) is 0.911. The molecule has 1 spiro atoms. The molecule has 1 saturated carbocycles. The number of nitrogens with zero attached hydrogens (tertiary/aromatic N) is 4. The van der Waals surface area contributed by atoms with Gasteiger partial charge in [-0.1, -0.05) is 30.2 Å². The van der Waals surface area contributed by atoms with Crippen molar-refractivity contribution in [1.29, 1.82) is 0 Å². The molecule has 1 aromatic carbocycles. The van der Waals surface area contributed by atoms with Crippen LogP contribution in [-0.4, -0.2) is 42.5 Å². The fraction of sp³-hybridized carbons (Fsp3) is 0.538. The second kappa shape index (κ2) is 9.05. The van der Waals surface area contributed by atoms with Gasteiger partial charge in [-0.15, -0.1) is 0 Å². The molecule has 0 amide bonds. The van der Waals surface area contributed by atoms with Gasteiger partial charge in [-0.05, 0) is 64.9 Å². The Labute approximate surface area is 215 Å². The molecule has 0 bridgehead atoms. The van der Waals surface area contributed by atoms with E-state index in [1.54, 1.807) is 6.07 Å². The zero-order chi connectivity index (χ0) is 25.0. The molecule has 3 aromatic rings. The second-order valence-electron chi connectivity index (χ2n) is 11.0. The van der Waals surface area contributed by atoms with Crippen LogP contribution in [0.15, 0.2) is 30.6 Å². The van der Waals surface area contributed by atoms with Gasteiger partial charge in [-0.3, -0.25) is 4.40 Å². The smallest absolute Gasteiger partial charge is 0.211 e. The normalized spacial score (nSPS) is 21.2. The van der Waals surface area contributed by atoms with Crippen LogP contribution in [0.4, 0.5) is 11.6 Å². The average Bonchev–Trinajstić information content (AvgIpc) is 3.44. The molecule has 5 rings (SSSR count). The van der Waals surface area contributed by atoms with Crippen molar-refractivity contribution in [2.24, 2.45) is 5.41 Å². The predicted octanol–water partition coefficient (Wildman–Crippen LogP) is 5.13. The number of piperidine rings is 1. The van der Waals surface area contributed by atoms with E-state index >= 15 is 0 Å². The number of nitrogen functional groups attached to an aromatic ring is 1. The number of benzene rings is 1. The van der Waals surface area contributed by atoms with Gasteiger partial charge in [0.2, 0.25) is 5.95 Å². The zero-order valence-corrected chi connectivity index (χ0v) is 22.5. The van der Waals surface area contributed by atoms with Crippen LogP contribution in [0, 0.1) is 12.3 Å². The standard InChI is InChI=1S/C26H35ClN6OS/c1-17-21(18-7-5-8-19(28)22(18)27)23-29-13-16-33(23)24(30-17)32-14-11-26(12-15-32)10-6-9-20(26)31-35(34)25(2,3)4/h5,7-8,13,16,20,31H,6,9-12,14-15,28H2,1-4H3/t20-,35-/m1/s1. The highest BCUT2D eigenvalue weighted by Gasteiger charge is 2.46. The van der Waals surface area contributed by atoms with Crippen LogP contribution in [0.5, 0.6) is 0 Å². The van der Waals surface area contributed by atoms with Crippen molar-refractivity contribution < 1.29 is 4.21 Å². The van der Waals surface area contributed by atoms with E-state index in [4.69, 9.17) is 22.3 Å². The highest BCUT2D eigenvalue weighted by Crippen LogP contribution is 2.47. The van der Waals surface area contributed by atoms with Gasteiger partial charge < -0.3 is 10.6 Å². The average molecular weight is 515 g/mol. The molecule has 9 heteroatoms. The number of hydrogen-bond acceptors (Lipinski definition) is 5. The summed E-state index contributed by atoms with van der Waals surface area (Å²) in [5.41, 5.74) is 10.3. The summed E-state index contributed by atoms with van der Waals surface area (Å²) in [7, 11) is -1.05. The number of hydrogen-bond donors (Lipinski definition) is 2. The molecule has 2 aromatic heterocycles. The minimum atomic E-state index is -1.05. The number of nitrogens with two attached hydrogens (primary N) is 1. The number of nitrogens with one attached hydrogen (secondary N) is 1. The molecule has 2 aliphatic rings. The van der Waals surface area contributed by atoms with Crippen molar-refractivity contribution in [2.75, 3.05) is 23.7 Å². The largest absolute Gasteiger partial charge is 0.398 e. The summed E-state index contributed by atoms with van der Waals surface area (Å²) >= 11 is 6.57. The molecule has 3 N–H and O–H groups in total. The number of rotatable bonds is 4. The number of aromatic nitrogens is 3. The lowest BCUT2D eigenvalue weighted by Gasteiger charge is -2.44. The van der Waals surface area contributed by atoms with Gasteiger partial charge in [0.1, 0.15) is 5.65 Å². The maximum atomic E-state index is 12.8. The van der Waals surface area contributed by atoms with Gasteiger partial charge in [0.15, 0.2) is 0 Å². The van der Waals surface area contributed by atoms with E-state index in [2.05, 4.69) is 19.0 Å². The third-order valence-corrected chi connectivity index (χ3v) is 9.79. The lowest BCUT2D eigenvalue weighted by molar-refractivity contribution is 0.187. The number of fused-ring (bicyclic) bond motifs is 1. The summed E-state index contributed by atoms with van der Waals surface area (Å²) in [4.78, 5) is 12.1. The Morgan fingerprint density at radius 3 is 2.69 bits per heavy atom. The van der Waals surface area contributed by atoms with E-state index in [1.807, 2.05) is 52.2 Å². The maximum Gasteiger partial charge on any atom is 0.211 e. The molecule has 1 saturated heterocycles. The number of aryl methyl sites for hydroxylation is 1. The van der Waals surface area contributed by atoms with Crippen LogP contribution in [0.2, 0.25) is 5.02 Å². The molecule has 0 unspecified atom stereocenters. The van der Waals surface area contributed by atoms with Crippen LogP contribution in [0.1, 0.15) is 58.6 Å². The molecule has 7 nitrogen and oxygen atoms in total. The molecular weight excluding hydrogens is 480 g/mol. The molecule has 188 valence electrons. The lowest BCUT2D eigenvalue weighted by atomic mass is 9.74. The Morgan fingerprint density at radius 2 is 1.97 bits per heavy atom. The third-order valence-electron chi connectivity index (χ3n) is 7.76. The third kappa shape index (κ3) is 4.34. The summed E-state index contributed by atoms with van der Waals surface area (Å²) in [6.45, 7) is 9.94. The zero-order valence-electron chi connectivity index (χ0n) is 21.0. The highest BCUT2D eigenvalue weighted by atomic mass is 35.5. The minimum absolute atomic E-state index is 0.204. The fourth-order valence-corrected chi connectivity index (χ4v) is 6.93. The highest BCUT2D eigenvalue weighted by molar-refractivity contribution is 7.84. The second-order valence-corrected chi connectivity index (χ2v) is 13.4. The fourth-order valence-electron chi connectivity index (χ4n) is 5.73. The van der Waals surface area contributed by atoms with E-state index in [9.17, 15) is 4.21 Å². The molecule has 0 radical (unpaired) electrons. The van der Waals surface area contributed by atoms with Crippen molar-refractivity contribution in [3.05, 3.63) is 41.3 Å². The Balaban J connectivity index is 1.42. The van der Waals surface area contributed by atoms with Crippen LogP contribution in [-0.2, 0) is 11.0 Å². The maximum absolute atomic E-state index is 12.8. The summed E-state index contributed by atoms with van der Waals surface area (Å²) < 4.78 is 18.1. The lowest BCUT2D eigenvalue weighted by Crippen LogP contribution is -2.51. The van der Waals surface area contributed by atoms with Crippen molar-refractivity contribution in [3.63, 3.8) is 0 Å².